The molecule has 0 aromatic carbocycles. The van der Waals surface area contributed by atoms with Crippen LogP contribution < -0.4 is 5.73 Å². The Morgan fingerprint density at radius 2 is 2.33 bits per heavy atom. The van der Waals surface area contributed by atoms with E-state index in [9.17, 15) is 0 Å². The van der Waals surface area contributed by atoms with Gasteiger partial charge >= 0.3 is 0 Å². The maximum Gasteiger partial charge on any atom is 0.123 e. The molecule has 4 nitrogen and oxygen atoms in total. The monoisotopic (exact) mass is 220 g/mol. The number of aromatic nitrogens is 3. The van der Waals surface area contributed by atoms with Crippen molar-refractivity contribution in [3.05, 3.63) is 17.5 Å². The topological polar surface area (TPSA) is 56.7 Å². The van der Waals surface area contributed by atoms with Gasteiger partial charge in [0.05, 0.1) is 23.2 Å². The van der Waals surface area contributed by atoms with Crippen molar-refractivity contribution in [1.82, 2.24) is 14.5 Å². The number of nitrogen functional groups attached to an aromatic ring is 1. The molecular weight excluding hydrogens is 208 g/mol. The third-order valence-electron chi connectivity index (χ3n) is 2.61. The molecule has 0 atom stereocenters. The molecule has 0 spiro atoms. The van der Waals surface area contributed by atoms with Crippen molar-refractivity contribution in [2.45, 2.75) is 25.8 Å². The summed E-state index contributed by atoms with van der Waals surface area (Å²) in [5.41, 5.74) is 7.88. The number of aryl methyl sites for hydroxylation is 1. The van der Waals surface area contributed by atoms with Crippen LogP contribution in [0.1, 0.15) is 23.9 Å². The van der Waals surface area contributed by atoms with E-state index in [0.29, 0.717) is 6.04 Å². The fourth-order valence-corrected chi connectivity index (χ4v) is 2.46. The van der Waals surface area contributed by atoms with E-state index in [4.69, 9.17) is 5.73 Å². The van der Waals surface area contributed by atoms with Crippen molar-refractivity contribution in [3.8, 4) is 11.4 Å². The lowest BCUT2D eigenvalue weighted by atomic mass is 10.3. The van der Waals surface area contributed by atoms with Gasteiger partial charge < -0.3 is 10.3 Å². The van der Waals surface area contributed by atoms with Gasteiger partial charge in [-0.3, -0.25) is 0 Å². The Labute approximate surface area is 91.8 Å². The highest BCUT2D eigenvalue weighted by molar-refractivity contribution is 7.16. The van der Waals surface area contributed by atoms with Crippen molar-refractivity contribution in [2.24, 2.45) is 0 Å². The van der Waals surface area contributed by atoms with Gasteiger partial charge in [-0.1, -0.05) is 0 Å². The number of nitrogens with two attached hydrogens (primary N) is 1. The van der Waals surface area contributed by atoms with Gasteiger partial charge in [0.25, 0.3) is 0 Å². The fraction of sp³-hybridized carbons (Fsp3) is 0.400. The molecule has 2 heterocycles. The summed E-state index contributed by atoms with van der Waals surface area (Å²) in [6, 6.07) is 0.615. The lowest BCUT2D eigenvalue weighted by Crippen LogP contribution is -1.96. The highest BCUT2D eigenvalue weighted by Crippen LogP contribution is 2.39. The van der Waals surface area contributed by atoms with Crippen molar-refractivity contribution in [2.75, 3.05) is 5.73 Å². The van der Waals surface area contributed by atoms with Crippen LogP contribution in [0.2, 0.25) is 0 Å². The molecular formula is C10H12N4S. The molecule has 78 valence electrons. The Kier molecular flexibility index (Phi) is 1.82. The zero-order valence-corrected chi connectivity index (χ0v) is 9.29. The van der Waals surface area contributed by atoms with Gasteiger partial charge in [0.15, 0.2) is 0 Å². The van der Waals surface area contributed by atoms with Crippen LogP contribution in [0.3, 0.4) is 0 Å². The normalized spacial score (nSPS) is 15.8. The molecule has 0 radical (unpaired) electrons. The Morgan fingerprint density at radius 1 is 1.53 bits per heavy atom. The highest BCUT2D eigenvalue weighted by Gasteiger charge is 2.26. The fourth-order valence-electron chi connectivity index (χ4n) is 1.76. The van der Waals surface area contributed by atoms with Gasteiger partial charge in [-0.2, -0.15) is 0 Å². The van der Waals surface area contributed by atoms with E-state index in [1.807, 2.05) is 19.4 Å². The molecule has 0 amide bonds. The highest BCUT2D eigenvalue weighted by atomic mass is 32.1. The standard InChI is InChI=1S/C10H12N4S/c1-6-13-9(10(11)15-6)8-4-12-5-14(8)7-2-3-7/h4-5,7H,2-3,11H2,1H3. The second kappa shape index (κ2) is 3.06. The van der Waals surface area contributed by atoms with E-state index in [1.54, 1.807) is 0 Å². The summed E-state index contributed by atoms with van der Waals surface area (Å²) >= 11 is 1.53. The van der Waals surface area contributed by atoms with Crippen LogP contribution in [0.5, 0.6) is 0 Å². The van der Waals surface area contributed by atoms with Crippen LogP contribution >= 0.6 is 11.3 Å². The molecule has 3 rings (SSSR count). The molecule has 15 heavy (non-hydrogen) atoms. The van der Waals surface area contributed by atoms with E-state index in [1.165, 1.54) is 24.2 Å². The second-order valence-corrected chi connectivity index (χ2v) is 5.10. The number of anilines is 1. The number of rotatable bonds is 2. The van der Waals surface area contributed by atoms with Crippen LogP contribution in [-0.2, 0) is 0 Å². The van der Waals surface area contributed by atoms with Crippen LogP contribution in [0.4, 0.5) is 5.00 Å². The van der Waals surface area contributed by atoms with E-state index >= 15 is 0 Å². The van der Waals surface area contributed by atoms with Crippen LogP contribution in [0.15, 0.2) is 12.5 Å². The maximum absolute atomic E-state index is 5.94. The molecule has 0 unspecified atom stereocenters. The van der Waals surface area contributed by atoms with Gasteiger partial charge in [-0.05, 0) is 19.8 Å². The summed E-state index contributed by atoms with van der Waals surface area (Å²) in [5.74, 6) is 0. The largest absolute Gasteiger partial charge is 0.389 e. The predicted molar refractivity (Wildman–Crippen MR) is 60.8 cm³/mol. The molecule has 2 aromatic rings. The minimum absolute atomic E-state index is 0.615. The first kappa shape index (κ1) is 8.91. The van der Waals surface area contributed by atoms with E-state index < -0.39 is 0 Å². The lowest BCUT2D eigenvalue weighted by molar-refractivity contribution is 0.746. The number of hydrogen-bond acceptors (Lipinski definition) is 4. The molecule has 1 aliphatic carbocycles. The number of hydrogen-bond donors (Lipinski definition) is 1. The SMILES string of the molecule is Cc1nc(-c2cncn2C2CC2)c(N)s1. The average Bonchev–Trinajstić information content (AvgIpc) is 2.83. The Morgan fingerprint density at radius 3 is 2.93 bits per heavy atom. The molecule has 1 saturated carbocycles. The molecule has 1 fully saturated rings. The molecule has 1 aliphatic rings. The van der Waals surface area contributed by atoms with E-state index in [0.717, 1.165) is 21.4 Å². The van der Waals surface area contributed by atoms with Gasteiger partial charge in [-0.25, -0.2) is 9.97 Å². The molecule has 0 bridgehead atoms. The van der Waals surface area contributed by atoms with Crippen molar-refractivity contribution in [3.63, 3.8) is 0 Å². The summed E-state index contributed by atoms with van der Waals surface area (Å²) in [5, 5.41) is 1.79. The molecule has 0 aliphatic heterocycles. The van der Waals surface area contributed by atoms with Crippen molar-refractivity contribution < 1.29 is 0 Å². The minimum Gasteiger partial charge on any atom is -0.389 e. The van der Waals surface area contributed by atoms with Crippen molar-refractivity contribution >= 4 is 16.3 Å². The van der Waals surface area contributed by atoms with E-state index in [2.05, 4.69) is 14.5 Å². The summed E-state index contributed by atoms with van der Waals surface area (Å²) < 4.78 is 2.19. The van der Waals surface area contributed by atoms with Gasteiger partial charge in [-0.15, -0.1) is 11.3 Å². The first-order chi connectivity index (χ1) is 7.25. The number of nitrogens with zero attached hydrogens (tertiary/aromatic N) is 3. The smallest absolute Gasteiger partial charge is 0.123 e. The zero-order valence-electron chi connectivity index (χ0n) is 8.47. The Bertz CT molecular complexity index is 495. The maximum atomic E-state index is 5.94. The molecule has 5 heteroatoms. The molecule has 2 N–H and O–H groups in total. The quantitative estimate of drug-likeness (QED) is 0.844. The summed E-state index contributed by atoms with van der Waals surface area (Å²) in [6.07, 6.45) is 6.21. The van der Waals surface area contributed by atoms with Gasteiger partial charge in [0, 0.05) is 6.04 Å². The van der Waals surface area contributed by atoms with Crippen molar-refractivity contribution in [1.29, 1.82) is 0 Å². The summed E-state index contributed by atoms with van der Waals surface area (Å²) in [4.78, 5) is 8.64. The predicted octanol–water partition coefficient (Wildman–Crippen LogP) is 2.23. The Balaban J connectivity index is 2.11. The summed E-state index contributed by atoms with van der Waals surface area (Å²) in [6.45, 7) is 1.97. The minimum atomic E-state index is 0.615. The molecule has 2 aromatic heterocycles. The second-order valence-electron chi connectivity index (χ2n) is 3.86. The summed E-state index contributed by atoms with van der Waals surface area (Å²) in [7, 11) is 0. The first-order valence-electron chi connectivity index (χ1n) is 5.01. The van der Waals surface area contributed by atoms with Gasteiger partial charge in [0.2, 0.25) is 0 Å². The zero-order chi connectivity index (χ0) is 10.4. The third kappa shape index (κ3) is 1.43. The van der Waals surface area contributed by atoms with Crippen LogP contribution in [-0.4, -0.2) is 14.5 Å². The first-order valence-corrected chi connectivity index (χ1v) is 5.82. The van der Waals surface area contributed by atoms with Crippen LogP contribution in [0, 0.1) is 6.92 Å². The van der Waals surface area contributed by atoms with Gasteiger partial charge in [0.1, 0.15) is 10.7 Å². The van der Waals surface area contributed by atoms with E-state index in [-0.39, 0.29) is 0 Å². The number of thiazole rings is 1. The third-order valence-corrected chi connectivity index (χ3v) is 3.41. The molecule has 0 saturated heterocycles. The average molecular weight is 220 g/mol. The van der Waals surface area contributed by atoms with Crippen LogP contribution in [0.25, 0.3) is 11.4 Å². The lowest BCUT2D eigenvalue weighted by Gasteiger charge is -2.03. The number of imidazole rings is 1. The Hall–Kier alpha value is -1.36.